The highest BCUT2D eigenvalue weighted by molar-refractivity contribution is 5.69. The Balaban J connectivity index is 3.16. The zero-order valence-corrected chi connectivity index (χ0v) is 8.21. The zero-order chi connectivity index (χ0) is 9.94. The lowest BCUT2D eigenvalue weighted by Crippen LogP contribution is -2.04. The minimum atomic E-state index is -0.175. The lowest BCUT2D eigenvalue weighted by molar-refractivity contribution is -0.143. The fourth-order valence-electron chi connectivity index (χ4n) is 0.979. The van der Waals surface area contributed by atoms with E-state index in [4.69, 9.17) is 10.00 Å². The largest absolute Gasteiger partial charge is 0.465 e. The highest BCUT2D eigenvalue weighted by Crippen LogP contribution is 2.03. The molecule has 0 fully saturated rings. The molecule has 0 unspecified atom stereocenters. The first-order chi connectivity index (χ1) is 6.31. The van der Waals surface area contributed by atoms with Gasteiger partial charge in [0.15, 0.2) is 0 Å². The van der Waals surface area contributed by atoms with Crippen LogP contribution in [0.2, 0.25) is 0 Å². The fourth-order valence-corrected chi connectivity index (χ4v) is 0.979. The summed E-state index contributed by atoms with van der Waals surface area (Å²) in [4.78, 5) is 10.9. The number of unbranched alkanes of at least 4 members (excludes halogenated alkanes) is 3. The third-order valence-electron chi connectivity index (χ3n) is 1.71. The second kappa shape index (κ2) is 9.05. The van der Waals surface area contributed by atoms with Gasteiger partial charge in [0.1, 0.15) is 6.61 Å². The lowest BCUT2D eigenvalue weighted by atomic mass is 10.2. The molecule has 0 aliphatic heterocycles. The smallest absolute Gasteiger partial charge is 0.305 e. The summed E-state index contributed by atoms with van der Waals surface area (Å²) in [6.45, 7) is 2.37. The third kappa shape index (κ3) is 8.87. The SMILES string of the molecule is CCCCCCC(=O)OCCC#N. The standard InChI is InChI=1S/C10H17NO2/c1-2-3-4-5-7-10(12)13-9-6-8-11/h2-7,9H2,1H3. The van der Waals surface area contributed by atoms with Gasteiger partial charge in [-0.25, -0.2) is 0 Å². The molecule has 0 aromatic carbocycles. The monoisotopic (exact) mass is 183 g/mol. The van der Waals surface area contributed by atoms with Gasteiger partial charge in [-0.2, -0.15) is 5.26 Å². The highest BCUT2D eigenvalue weighted by Gasteiger charge is 2.00. The Labute approximate surface area is 79.7 Å². The van der Waals surface area contributed by atoms with Gasteiger partial charge < -0.3 is 4.74 Å². The molecule has 13 heavy (non-hydrogen) atoms. The number of carbonyl (C=O) groups excluding carboxylic acids is 1. The molecule has 0 bridgehead atoms. The van der Waals surface area contributed by atoms with E-state index in [-0.39, 0.29) is 12.6 Å². The Morgan fingerprint density at radius 3 is 2.77 bits per heavy atom. The number of ether oxygens (including phenoxy) is 1. The van der Waals surface area contributed by atoms with E-state index >= 15 is 0 Å². The number of nitriles is 1. The molecule has 0 saturated carbocycles. The molecule has 3 nitrogen and oxygen atoms in total. The molecule has 3 heteroatoms. The van der Waals surface area contributed by atoms with Crippen molar-refractivity contribution < 1.29 is 9.53 Å². The van der Waals surface area contributed by atoms with E-state index in [1.54, 1.807) is 0 Å². The second-order valence-electron chi connectivity index (χ2n) is 2.94. The normalized spacial score (nSPS) is 9.23. The lowest BCUT2D eigenvalue weighted by Gasteiger charge is -2.01. The van der Waals surface area contributed by atoms with Gasteiger partial charge in [-0.3, -0.25) is 4.79 Å². The van der Waals surface area contributed by atoms with E-state index in [1.165, 1.54) is 12.8 Å². The van der Waals surface area contributed by atoms with E-state index in [1.807, 2.05) is 6.07 Å². The first kappa shape index (κ1) is 12.0. The summed E-state index contributed by atoms with van der Waals surface area (Å²) in [5.74, 6) is -0.175. The summed E-state index contributed by atoms with van der Waals surface area (Å²) in [7, 11) is 0. The molecule has 0 atom stereocenters. The second-order valence-corrected chi connectivity index (χ2v) is 2.94. The molecule has 0 radical (unpaired) electrons. The van der Waals surface area contributed by atoms with Gasteiger partial charge in [0, 0.05) is 6.42 Å². The van der Waals surface area contributed by atoms with Gasteiger partial charge in [0.25, 0.3) is 0 Å². The molecule has 0 aromatic heterocycles. The first-order valence-electron chi connectivity index (χ1n) is 4.83. The van der Waals surface area contributed by atoms with Gasteiger partial charge >= 0.3 is 5.97 Å². The minimum Gasteiger partial charge on any atom is -0.465 e. The maximum atomic E-state index is 10.9. The summed E-state index contributed by atoms with van der Waals surface area (Å²) in [6, 6.07) is 1.92. The summed E-state index contributed by atoms with van der Waals surface area (Å²) in [5.41, 5.74) is 0. The van der Waals surface area contributed by atoms with Gasteiger partial charge in [-0.1, -0.05) is 26.2 Å². The first-order valence-corrected chi connectivity index (χ1v) is 4.83. The van der Waals surface area contributed by atoms with Crippen LogP contribution in [0.25, 0.3) is 0 Å². The molecular formula is C10H17NO2. The zero-order valence-electron chi connectivity index (χ0n) is 8.21. The van der Waals surface area contributed by atoms with Crippen LogP contribution >= 0.6 is 0 Å². The average molecular weight is 183 g/mol. The molecule has 0 amide bonds. The van der Waals surface area contributed by atoms with Crippen LogP contribution in [0.3, 0.4) is 0 Å². The molecule has 0 aromatic rings. The van der Waals surface area contributed by atoms with Crippen LogP contribution in [0.1, 0.15) is 45.4 Å². The summed E-state index contributed by atoms with van der Waals surface area (Å²) in [6.07, 6.45) is 5.12. The van der Waals surface area contributed by atoms with Gasteiger partial charge in [0.05, 0.1) is 12.5 Å². The van der Waals surface area contributed by atoms with Crippen LogP contribution in [-0.2, 0) is 9.53 Å². The van der Waals surface area contributed by atoms with E-state index < -0.39 is 0 Å². The average Bonchev–Trinajstić information content (AvgIpc) is 2.13. The van der Waals surface area contributed by atoms with Crippen molar-refractivity contribution in [2.75, 3.05) is 6.61 Å². The molecule has 0 heterocycles. The molecule has 0 rings (SSSR count). The Morgan fingerprint density at radius 1 is 1.38 bits per heavy atom. The van der Waals surface area contributed by atoms with Crippen LogP contribution in [0.15, 0.2) is 0 Å². The van der Waals surface area contributed by atoms with Gasteiger partial charge in [0.2, 0.25) is 0 Å². The molecule has 0 N–H and O–H groups in total. The van der Waals surface area contributed by atoms with Crippen molar-refractivity contribution in [3.05, 3.63) is 0 Å². The number of hydrogen-bond donors (Lipinski definition) is 0. The molecular weight excluding hydrogens is 166 g/mol. The van der Waals surface area contributed by atoms with E-state index in [0.717, 1.165) is 12.8 Å². The Morgan fingerprint density at radius 2 is 2.15 bits per heavy atom. The maximum absolute atomic E-state index is 10.9. The van der Waals surface area contributed by atoms with Crippen molar-refractivity contribution in [3.8, 4) is 6.07 Å². The van der Waals surface area contributed by atoms with Crippen molar-refractivity contribution in [3.63, 3.8) is 0 Å². The predicted molar refractivity (Wildman–Crippen MR) is 49.9 cm³/mol. The van der Waals surface area contributed by atoms with Crippen LogP contribution < -0.4 is 0 Å². The topological polar surface area (TPSA) is 50.1 Å². The van der Waals surface area contributed by atoms with Crippen molar-refractivity contribution in [1.82, 2.24) is 0 Å². The summed E-state index contributed by atoms with van der Waals surface area (Å²) in [5, 5.41) is 8.18. The number of rotatable bonds is 7. The Hall–Kier alpha value is -1.04. The van der Waals surface area contributed by atoms with Crippen LogP contribution in [-0.4, -0.2) is 12.6 Å². The molecule has 0 aliphatic rings. The van der Waals surface area contributed by atoms with E-state index in [2.05, 4.69) is 6.92 Å². The molecule has 0 saturated heterocycles. The maximum Gasteiger partial charge on any atom is 0.305 e. The van der Waals surface area contributed by atoms with Crippen molar-refractivity contribution in [2.24, 2.45) is 0 Å². The quantitative estimate of drug-likeness (QED) is 0.450. The van der Waals surface area contributed by atoms with E-state index in [0.29, 0.717) is 12.8 Å². The van der Waals surface area contributed by atoms with Crippen LogP contribution in [0.5, 0.6) is 0 Å². The van der Waals surface area contributed by atoms with Gasteiger partial charge in [-0.05, 0) is 6.42 Å². The predicted octanol–water partition coefficient (Wildman–Crippen LogP) is 2.41. The third-order valence-corrected chi connectivity index (χ3v) is 1.71. The number of hydrogen-bond acceptors (Lipinski definition) is 3. The molecule has 0 spiro atoms. The number of carbonyl (C=O) groups is 1. The van der Waals surface area contributed by atoms with Crippen molar-refractivity contribution >= 4 is 5.97 Å². The molecule has 0 aliphatic carbocycles. The summed E-state index contributed by atoms with van der Waals surface area (Å²) >= 11 is 0. The number of esters is 1. The fraction of sp³-hybridized carbons (Fsp3) is 0.800. The van der Waals surface area contributed by atoms with Crippen molar-refractivity contribution in [1.29, 1.82) is 5.26 Å². The molecule has 74 valence electrons. The number of nitrogens with zero attached hydrogens (tertiary/aromatic N) is 1. The summed E-state index contributed by atoms with van der Waals surface area (Å²) < 4.78 is 4.80. The van der Waals surface area contributed by atoms with Crippen molar-refractivity contribution in [2.45, 2.75) is 45.4 Å². The highest BCUT2D eigenvalue weighted by atomic mass is 16.5. The van der Waals surface area contributed by atoms with E-state index in [9.17, 15) is 4.79 Å². The van der Waals surface area contributed by atoms with Crippen LogP contribution in [0.4, 0.5) is 0 Å². The Kier molecular flexibility index (Phi) is 8.33. The minimum absolute atomic E-state index is 0.175. The Bertz CT molecular complexity index is 172. The van der Waals surface area contributed by atoms with Crippen LogP contribution in [0, 0.1) is 11.3 Å². The van der Waals surface area contributed by atoms with Gasteiger partial charge in [-0.15, -0.1) is 0 Å².